The van der Waals surface area contributed by atoms with Crippen molar-refractivity contribution in [3.05, 3.63) is 63.1 Å². The van der Waals surface area contributed by atoms with Crippen LogP contribution in [0, 0.1) is 0 Å². The minimum Gasteiger partial charge on any atom is -0.408 e. The zero-order valence-electron chi connectivity index (χ0n) is 26.9. The largest absolute Gasteiger partial charge is 0.426 e. The van der Waals surface area contributed by atoms with Gasteiger partial charge in [-0.05, 0) is 80.9 Å². The highest BCUT2D eigenvalue weighted by Gasteiger charge is 2.35. The second-order valence-electron chi connectivity index (χ2n) is 13.3. The summed E-state index contributed by atoms with van der Waals surface area (Å²) in [5.74, 6) is -0.810. The number of para-hydroxylation sites is 1. The number of carbonyl (C=O) groups is 3. The smallest absolute Gasteiger partial charge is 0.408 e. The first kappa shape index (κ1) is 32.5. The second kappa shape index (κ2) is 14.2. The van der Waals surface area contributed by atoms with Gasteiger partial charge in [0.15, 0.2) is 5.58 Å². The number of anilines is 1. The summed E-state index contributed by atoms with van der Waals surface area (Å²) >= 11 is 6.44. The monoisotopic (exact) mass is 679 g/mol. The van der Waals surface area contributed by atoms with Crippen molar-refractivity contribution >= 4 is 46.4 Å². The van der Waals surface area contributed by atoms with Gasteiger partial charge in [0.2, 0.25) is 5.91 Å². The van der Waals surface area contributed by atoms with E-state index in [9.17, 15) is 19.2 Å². The van der Waals surface area contributed by atoms with Gasteiger partial charge in [0.1, 0.15) is 11.6 Å². The van der Waals surface area contributed by atoms with Crippen LogP contribution in [-0.2, 0) is 22.6 Å². The molecule has 3 N–H and O–H groups in total. The average Bonchev–Trinajstić information content (AvgIpc) is 3.49. The Labute approximate surface area is 283 Å². The van der Waals surface area contributed by atoms with Crippen molar-refractivity contribution in [3.63, 3.8) is 0 Å². The summed E-state index contributed by atoms with van der Waals surface area (Å²) < 4.78 is 5.23. The number of halogens is 1. The van der Waals surface area contributed by atoms with Crippen LogP contribution in [0.25, 0.3) is 11.1 Å². The number of likely N-dealkylation sites (tertiary alicyclic amines) is 2. The molecule has 0 bridgehead atoms. The first-order valence-electron chi connectivity index (χ1n) is 17.0. The van der Waals surface area contributed by atoms with Crippen molar-refractivity contribution < 1.29 is 23.6 Å². The number of hydroxylamine groups is 2. The Hall–Kier alpha value is -4.07. The number of hydrogen-bond donors (Lipinski definition) is 3. The number of piperidine rings is 3. The van der Waals surface area contributed by atoms with Crippen LogP contribution in [-0.4, -0.2) is 100 Å². The van der Waals surface area contributed by atoms with E-state index in [4.69, 9.17) is 20.9 Å². The van der Waals surface area contributed by atoms with E-state index in [1.807, 2.05) is 34.1 Å². The number of benzene rings is 2. The lowest BCUT2D eigenvalue weighted by atomic mass is 9.98. The van der Waals surface area contributed by atoms with Crippen molar-refractivity contribution in [2.24, 2.45) is 0 Å². The van der Waals surface area contributed by atoms with E-state index in [2.05, 4.69) is 20.5 Å². The Bertz CT molecular complexity index is 1710. The molecule has 0 radical (unpaired) electrons. The summed E-state index contributed by atoms with van der Waals surface area (Å²) in [4.78, 5) is 66.4. The molecule has 256 valence electrons. The second-order valence-corrected chi connectivity index (χ2v) is 13.7. The number of hydrogen-bond acceptors (Lipinski definition) is 8. The van der Waals surface area contributed by atoms with Gasteiger partial charge in [-0.2, -0.15) is 0 Å². The molecule has 0 aliphatic carbocycles. The number of nitrogens with zero attached hydrogens (tertiary/aromatic N) is 4. The molecule has 1 atom stereocenters. The van der Waals surface area contributed by atoms with Crippen molar-refractivity contribution in [2.45, 2.75) is 76.0 Å². The lowest BCUT2D eigenvalue weighted by molar-refractivity contribution is -0.137. The summed E-state index contributed by atoms with van der Waals surface area (Å²) in [7, 11) is 0. The molecule has 3 aromatic rings. The standard InChI is InChI=1S/C34H42ClN7O6/c35-26-18-22(20-29-30(26)38-33(45)47-29)19-28(31(43)40-14-8-24(9-15-40)39-12-4-1-5-13-39)37-34(46)48-41-16-10-25(11-17-41)42-21-23-6-2-3-7-27(23)36-32(42)44/h2-3,6-7,18,20,24-25,28H,1,4-5,8-17,19,21H2,(H,36,44)(H,37,46)(H,38,45). The highest BCUT2D eigenvalue weighted by atomic mass is 35.5. The van der Waals surface area contributed by atoms with E-state index >= 15 is 0 Å². The van der Waals surface area contributed by atoms with Gasteiger partial charge in [0.25, 0.3) is 0 Å². The number of aromatic amines is 1. The number of fused-ring (bicyclic) bond motifs is 2. The maximum absolute atomic E-state index is 14.0. The van der Waals surface area contributed by atoms with Crippen molar-refractivity contribution in [1.29, 1.82) is 0 Å². The number of H-pyrrole nitrogens is 1. The van der Waals surface area contributed by atoms with Gasteiger partial charge in [-0.1, -0.05) is 36.2 Å². The predicted molar refractivity (Wildman–Crippen MR) is 180 cm³/mol. The normalized spacial score (nSPS) is 20.7. The van der Waals surface area contributed by atoms with Crippen LogP contribution in [0.3, 0.4) is 0 Å². The predicted octanol–water partition coefficient (Wildman–Crippen LogP) is 4.32. The molecule has 1 aromatic heterocycles. The molecule has 4 amide bonds. The van der Waals surface area contributed by atoms with E-state index in [-0.39, 0.29) is 30.0 Å². The maximum Gasteiger partial charge on any atom is 0.426 e. The molecule has 0 spiro atoms. The molecule has 0 saturated carbocycles. The quantitative estimate of drug-likeness (QED) is 0.335. The molecule has 2 aromatic carbocycles. The first-order chi connectivity index (χ1) is 23.3. The molecule has 1 unspecified atom stereocenters. The molecule has 13 nitrogen and oxygen atoms in total. The zero-order chi connectivity index (χ0) is 33.2. The van der Waals surface area contributed by atoms with Gasteiger partial charge >= 0.3 is 17.9 Å². The number of carbonyl (C=O) groups excluding carboxylic acids is 3. The molecular formula is C34H42ClN7O6. The fraction of sp³-hybridized carbons (Fsp3) is 0.529. The number of urea groups is 1. The van der Waals surface area contributed by atoms with Crippen molar-refractivity contribution in [3.8, 4) is 0 Å². The van der Waals surface area contributed by atoms with Crippen LogP contribution in [0.5, 0.6) is 0 Å². The molecule has 4 aliphatic heterocycles. The van der Waals surface area contributed by atoms with Crippen LogP contribution in [0.15, 0.2) is 45.6 Å². The summed E-state index contributed by atoms with van der Waals surface area (Å²) in [6.45, 7) is 4.89. The molecular weight excluding hydrogens is 638 g/mol. The molecule has 14 heteroatoms. The third kappa shape index (κ3) is 7.18. The average molecular weight is 680 g/mol. The van der Waals surface area contributed by atoms with Crippen molar-refractivity contribution in [2.75, 3.05) is 44.6 Å². The zero-order valence-corrected chi connectivity index (χ0v) is 27.7. The molecule has 7 rings (SSSR count). The third-order valence-electron chi connectivity index (χ3n) is 10.2. The Morgan fingerprint density at radius 3 is 2.46 bits per heavy atom. The molecule has 4 aliphatic rings. The van der Waals surface area contributed by atoms with Gasteiger partial charge in [-0.25, -0.2) is 14.4 Å². The van der Waals surface area contributed by atoms with E-state index in [0.29, 0.717) is 67.7 Å². The number of oxazole rings is 1. The van der Waals surface area contributed by atoms with E-state index in [1.54, 1.807) is 17.2 Å². The Morgan fingerprint density at radius 2 is 1.69 bits per heavy atom. The number of nitrogens with one attached hydrogen (secondary N) is 3. The Morgan fingerprint density at radius 1 is 0.958 bits per heavy atom. The number of amides is 4. The SMILES string of the molecule is O=C(NC(Cc1cc(Cl)c2[nH]c(=O)oc2c1)C(=O)N1CCC(N2CCCCC2)CC1)ON1CCC(N2Cc3ccccc3NC2=O)CC1. The fourth-order valence-corrected chi connectivity index (χ4v) is 7.90. The van der Waals surface area contributed by atoms with E-state index < -0.39 is 17.9 Å². The minimum absolute atomic E-state index is 0.0107. The molecule has 3 saturated heterocycles. The Kier molecular flexibility index (Phi) is 9.60. The summed E-state index contributed by atoms with van der Waals surface area (Å²) in [5.41, 5.74) is 3.22. The van der Waals surface area contributed by atoms with Gasteiger partial charge < -0.3 is 34.6 Å². The van der Waals surface area contributed by atoms with Gasteiger partial charge in [-0.3, -0.25) is 9.78 Å². The highest BCUT2D eigenvalue weighted by Crippen LogP contribution is 2.28. The topological polar surface area (TPSA) is 143 Å². The molecule has 3 fully saturated rings. The number of rotatable bonds is 7. The first-order valence-corrected chi connectivity index (χ1v) is 17.4. The summed E-state index contributed by atoms with van der Waals surface area (Å²) in [6.07, 6.45) is 6.20. The summed E-state index contributed by atoms with van der Waals surface area (Å²) in [6, 6.07) is 10.6. The van der Waals surface area contributed by atoms with Gasteiger partial charge in [-0.15, -0.1) is 5.06 Å². The molecule has 48 heavy (non-hydrogen) atoms. The van der Waals surface area contributed by atoms with E-state index in [0.717, 1.165) is 37.2 Å². The van der Waals surface area contributed by atoms with Crippen LogP contribution in [0.4, 0.5) is 15.3 Å². The van der Waals surface area contributed by atoms with Crippen LogP contribution >= 0.6 is 11.6 Å². The van der Waals surface area contributed by atoms with Crippen molar-refractivity contribution in [1.82, 2.24) is 30.1 Å². The summed E-state index contributed by atoms with van der Waals surface area (Å²) in [5, 5.41) is 7.68. The lowest BCUT2D eigenvalue weighted by Gasteiger charge is -2.41. The maximum atomic E-state index is 14.0. The minimum atomic E-state index is -0.919. The lowest BCUT2D eigenvalue weighted by Crippen LogP contribution is -2.55. The van der Waals surface area contributed by atoms with Crippen LogP contribution < -0.4 is 16.4 Å². The Balaban J connectivity index is 0.986. The number of aromatic nitrogens is 1. The van der Waals surface area contributed by atoms with E-state index in [1.165, 1.54) is 19.3 Å². The van der Waals surface area contributed by atoms with Crippen LogP contribution in [0.1, 0.15) is 56.1 Å². The highest BCUT2D eigenvalue weighted by molar-refractivity contribution is 6.34. The fourth-order valence-electron chi connectivity index (χ4n) is 7.62. The van der Waals surface area contributed by atoms with Gasteiger partial charge in [0, 0.05) is 56.9 Å². The molecule has 5 heterocycles. The van der Waals surface area contributed by atoms with Crippen LogP contribution in [0.2, 0.25) is 5.02 Å². The van der Waals surface area contributed by atoms with Gasteiger partial charge in [0.05, 0.1) is 5.02 Å². The third-order valence-corrected chi connectivity index (χ3v) is 10.5.